The molecule has 0 spiro atoms. The van der Waals surface area contributed by atoms with Crippen molar-refractivity contribution in [3.8, 4) is 0 Å². The summed E-state index contributed by atoms with van der Waals surface area (Å²) in [4.78, 5) is 5.08. The number of nitrogens with one attached hydrogen (secondary N) is 1. The van der Waals surface area contributed by atoms with Gasteiger partial charge in [-0.25, -0.2) is 0 Å². The third-order valence-electron chi connectivity index (χ3n) is 4.62. The Labute approximate surface area is 128 Å². The van der Waals surface area contributed by atoms with Crippen molar-refractivity contribution in [1.29, 1.82) is 0 Å². The van der Waals surface area contributed by atoms with Crippen molar-refractivity contribution in [2.24, 2.45) is 0 Å². The van der Waals surface area contributed by atoms with Gasteiger partial charge in [0.25, 0.3) is 0 Å². The number of pyridine rings is 1. The number of aromatic nitrogens is 1. The molecule has 0 fully saturated rings. The maximum Gasteiger partial charge on any atom is 0.0743 e. The van der Waals surface area contributed by atoms with E-state index in [2.05, 4.69) is 44.3 Å². The zero-order valence-corrected chi connectivity index (χ0v) is 13.5. The third kappa shape index (κ3) is 2.69. The van der Waals surface area contributed by atoms with Crippen LogP contribution in [0.15, 0.2) is 18.2 Å². The Morgan fingerprint density at radius 3 is 2.76 bits per heavy atom. The average molecular weight is 282 g/mol. The standard InChI is InChI=1S/C19H26N2/c1-4-20-12-17-15-8-5-6-11-18(15)21-19-14(13(2)3)9-7-10-16(17)19/h7,9-10,13,20H,4-6,8,11-12H2,1-3H3. The van der Waals surface area contributed by atoms with Gasteiger partial charge in [-0.2, -0.15) is 0 Å². The summed E-state index contributed by atoms with van der Waals surface area (Å²) in [7, 11) is 0. The number of para-hydroxylation sites is 1. The zero-order valence-electron chi connectivity index (χ0n) is 13.5. The number of nitrogens with zero attached hydrogens (tertiary/aromatic N) is 1. The molecule has 1 aromatic carbocycles. The fraction of sp³-hybridized carbons (Fsp3) is 0.526. The Morgan fingerprint density at radius 2 is 2.00 bits per heavy atom. The van der Waals surface area contributed by atoms with E-state index in [0.717, 1.165) is 19.5 Å². The van der Waals surface area contributed by atoms with Crippen LogP contribution in [-0.2, 0) is 19.4 Å². The minimum Gasteiger partial charge on any atom is -0.313 e. The van der Waals surface area contributed by atoms with Gasteiger partial charge in [-0.3, -0.25) is 4.98 Å². The summed E-state index contributed by atoms with van der Waals surface area (Å²) in [6.07, 6.45) is 4.95. The second-order valence-corrected chi connectivity index (χ2v) is 6.40. The van der Waals surface area contributed by atoms with Crippen LogP contribution in [-0.4, -0.2) is 11.5 Å². The summed E-state index contributed by atoms with van der Waals surface area (Å²) >= 11 is 0. The van der Waals surface area contributed by atoms with E-state index in [1.807, 2.05) is 0 Å². The fourth-order valence-electron chi connectivity index (χ4n) is 3.48. The van der Waals surface area contributed by atoms with E-state index in [1.165, 1.54) is 52.5 Å². The van der Waals surface area contributed by atoms with Gasteiger partial charge in [-0.1, -0.05) is 39.0 Å². The summed E-state index contributed by atoms with van der Waals surface area (Å²) in [5.41, 5.74) is 7.00. The summed E-state index contributed by atoms with van der Waals surface area (Å²) in [5.74, 6) is 0.523. The molecular weight excluding hydrogens is 256 g/mol. The Hall–Kier alpha value is -1.41. The van der Waals surface area contributed by atoms with Crippen LogP contribution in [0.2, 0.25) is 0 Å². The number of aryl methyl sites for hydroxylation is 1. The lowest BCUT2D eigenvalue weighted by atomic mass is 9.88. The van der Waals surface area contributed by atoms with E-state index < -0.39 is 0 Å². The minimum atomic E-state index is 0.523. The van der Waals surface area contributed by atoms with E-state index in [0.29, 0.717) is 5.92 Å². The summed E-state index contributed by atoms with van der Waals surface area (Å²) in [6, 6.07) is 6.70. The number of hydrogen-bond donors (Lipinski definition) is 1. The molecule has 1 N–H and O–H groups in total. The fourth-order valence-corrected chi connectivity index (χ4v) is 3.48. The van der Waals surface area contributed by atoms with Gasteiger partial charge in [-0.05, 0) is 54.8 Å². The highest BCUT2D eigenvalue weighted by Gasteiger charge is 2.19. The van der Waals surface area contributed by atoms with E-state index in [9.17, 15) is 0 Å². The molecule has 112 valence electrons. The third-order valence-corrected chi connectivity index (χ3v) is 4.62. The van der Waals surface area contributed by atoms with Crippen LogP contribution < -0.4 is 5.32 Å². The van der Waals surface area contributed by atoms with Gasteiger partial charge in [0.2, 0.25) is 0 Å². The minimum absolute atomic E-state index is 0.523. The number of fused-ring (bicyclic) bond motifs is 2. The molecule has 0 saturated heterocycles. The normalized spacial score (nSPS) is 14.7. The van der Waals surface area contributed by atoms with Gasteiger partial charge in [0.05, 0.1) is 5.52 Å². The first-order valence-electron chi connectivity index (χ1n) is 8.36. The molecule has 0 saturated carbocycles. The Morgan fingerprint density at radius 1 is 1.19 bits per heavy atom. The Bertz CT molecular complexity index is 644. The average Bonchev–Trinajstić information content (AvgIpc) is 2.50. The zero-order chi connectivity index (χ0) is 14.8. The van der Waals surface area contributed by atoms with Crippen molar-refractivity contribution in [1.82, 2.24) is 10.3 Å². The van der Waals surface area contributed by atoms with Gasteiger partial charge < -0.3 is 5.32 Å². The lowest BCUT2D eigenvalue weighted by Crippen LogP contribution is -2.17. The SMILES string of the molecule is CCNCc1c2c(nc3c(C(C)C)cccc13)CCCC2. The first-order valence-corrected chi connectivity index (χ1v) is 8.36. The molecule has 21 heavy (non-hydrogen) atoms. The van der Waals surface area contributed by atoms with Crippen LogP contribution in [0.3, 0.4) is 0 Å². The molecule has 2 aromatic rings. The van der Waals surface area contributed by atoms with Gasteiger partial charge in [0.15, 0.2) is 0 Å². The molecule has 0 unspecified atom stereocenters. The largest absolute Gasteiger partial charge is 0.313 e. The van der Waals surface area contributed by atoms with Gasteiger partial charge >= 0.3 is 0 Å². The maximum absolute atomic E-state index is 5.08. The molecule has 0 amide bonds. The van der Waals surface area contributed by atoms with Gasteiger partial charge in [0, 0.05) is 17.6 Å². The van der Waals surface area contributed by atoms with Crippen molar-refractivity contribution < 1.29 is 0 Å². The molecule has 1 aromatic heterocycles. The van der Waals surface area contributed by atoms with Crippen LogP contribution in [0.1, 0.15) is 61.9 Å². The van der Waals surface area contributed by atoms with Crippen molar-refractivity contribution in [3.05, 3.63) is 40.6 Å². The molecule has 1 heterocycles. The van der Waals surface area contributed by atoms with Crippen molar-refractivity contribution in [2.75, 3.05) is 6.54 Å². The van der Waals surface area contributed by atoms with E-state index >= 15 is 0 Å². The molecule has 2 nitrogen and oxygen atoms in total. The quantitative estimate of drug-likeness (QED) is 0.902. The Balaban J connectivity index is 2.25. The lowest BCUT2D eigenvalue weighted by molar-refractivity contribution is 0.651. The number of hydrogen-bond acceptors (Lipinski definition) is 2. The second-order valence-electron chi connectivity index (χ2n) is 6.40. The van der Waals surface area contributed by atoms with Crippen LogP contribution >= 0.6 is 0 Å². The molecule has 0 radical (unpaired) electrons. The van der Waals surface area contributed by atoms with Gasteiger partial charge in [-0.15, -0.1) is 0 Å². The first-order chi connectivity index (χ1) is 10.2. The molecular formula is C19H26N2. The number of benzene rings is 1. The molecule has 3 rings (SSSR count). The van der Waals surface area contributed by atoms with Crippen LogP contribution in [0.25, 0.3) is 10.9 Å². The first kappa shape index (κ1) is 14.5. The summed E-state index contributed by atoms with van der Waals surface area (Å²) in [5, 5.41) is 4.89. The van der Waals surface area contributed by atoms with Crippen LogP contribution in [0.5, 0.6) is 0 Å². The Kier molecular flexibility index (Phi) is 4.25. The second kappa shape index (κ2) is 6.15. The highest BCUT2D eigenvalue weighted by Crippen LogP contribution is 2.32. The van der Waals surface area contributed by atoms with E-state index in [4.69, 9.17) is 4.98 Å². The monoisotopic (exact) mass is 282 g/mol. The smallest absolute Gasteiger partial charge is 0.0743 e. The number of rotatable bonds is 4. The maximum atomic E-state index is 5.08. The molecule has 0 bridgehead atoms. The lowest BCUT2D eigenvalue weighted by Gasteiger charge is -2.22. The van der Waals surface area contributed by atoms with Crippen molar-refractivity contribution in [3.63, 3.8) is 0 Å². The highest BCUT2D eigenvalue weighted by molar-refractivity contribution is 5.87. The molecule has 0 aliphatic heterocycles. The predicted molar refractivity (Wildman–Crippen MR) is 89.9 cm³/mol. The summed E-state index contributed by atoms with van der Waals surface area (Å²) < 4.78 is 0. The predicted octanol–water partition coefficient (Wildman–Crippen LogP) is 4.35. The topological polar surface area (TPSA) is 24.9 Å². The summed E-state index contributed by atoms with van der Waals surface area (Å²) in [6.45, 7) is 8.69. The molecule has 1 aliphatic rings. The van der Waals surface area contributed by atoms with Crippen LogP contribution in [0.4, 0.5) is 0 Å². The van der Waals surface area contributed by atoms with Crippen molar-refractivity contribution >= 4 is 10.9 Å². The highest BCUT2D eigenvalue weighted by atomic mass is 14.8. The molecule has 2 heteroatoms. The molecule has 0 atom stereocenters. The van der Waals surface area contributed by atoms with Crippen LogP contribution in [0, 0.1) is 0 Å². The van der Waals surface area contributed by atoms with Crippen molar-refractivity contribution in [2.45, 2.75) is 58.9 Å². The van der Waals surface area contributed by atoms with E-state index in [1.54, 1.807) is 0 Å². The molecule has 1 aliphatic carbocycles. The van der Waals surface area contributed by atoms with Gasteiger partial charge in [0.1, 0.15) is 0 Å². The van der Waals surface area contributed by atoms with E-state index in [-0.39, 0.29) is 0 Å².